The Kier molecular flexibility index (Phi) is 3.91. The maximum absolute atomic E-state index is 4.34. The number of aryl methyl sites for hydroxylation is 2. The van der Waals surface area contributed by atoms with Gasteiger partial charge < -0.3 is 5.32 Å². The third-order valence-electron chi connectivity index (χ3n) is 2.71. The van der Waals surface area contributed by atoms with Crippen molar-refractivity contribution in [1.82, 2.24) is 20.1 Å². The minimum absolute atomic E-state index is 0.305. The molecule has 5 heteroatoms. The van der Waals surface area contributed by atoms with Crippen molar-refractivity contribution in [2.24, 2.45) is 0 Å². The highest BCUT2D eigenvalue weighted by molar-refractivity contribution is 7.11. The molecule has 0 saturated carbocycles. The quantitative estimate of drug-likeness (QED) is 0.886. The molecular weight excluding hydrogens is 232 g/mol. The van der Waals surface area contributed by atoms with Gasteiger partial charge in [-0.2, -0.15) is 5.10 Å². The highest BCUT2D eigenvalue weighted by Crippen LogP contribution is 2.14. The Morgan fingerprint density at radius 3 is 2.88 bits per heavy atom. The van der Waals surface area contributed by atoms with Crippen LogP contribution in [0.25, 0.3) is 0 Å². The maximum atomic E-state index is 4.34. The van der Waals surface area contributed by atoms with Crippen molar-refractivity contribution < 1.29 is 0 Å². The van der Waals surface area contributed by atoms with E-state index in [0.717, 1.165) is 18.1 Å². The minimum Gasteiger partial charge on any atom is -0.304 e. The zero-order valence-corrected chi connectivity index (χ0v) is 11.3. The number of thiazole rings is 1. The summed E-state index contributed by atoms with van der Waals surface area (Å²) in [6, 6.07) is 0.305. The Hall–Kier alpha value is -1.20. The average molecular weight is 250 g/mol. The SMILES string of the molecule is CCn1cc(C(C)NCc2ncc(C)s2)cn1. The van der Waals surface area contributed by atoms with Gasteiger partial charge in [-0.05, 0) is 20.8 Å². The van der Waals surface area contributed by atoms with Gasteiger partial charge in [-0.25, -0.2) is 4.98 Å². The molecular formula is C12H18N4S. The molecule has 0 aliphatic heterocycles. The molecule has 4 nitrogen and oxygen atoms in total. The summed E-state index contributed by atoms with van der Waals surface area (Å²) in [5.41, 5.74) is 1.22. The van der Waals surface area contributed by atoms with E-state index in [4.69, 9.17) is 0 Å². The van der Waals surface area contributed by atoms with Crippen molar-refractivity contribution >= 4 is 11.3 Å². The predicted octanol–water partition coefficient (Wildman–Crippen LogP) is 2.52. The van der Waals surface area contributed by atoms with Crippen LogP contribution in [0.5, 0.6) is 0 Å². The van der Waals surface area contributed by atoms with Gasteiger partial charge in [-0.1, -0.05) is 0 Å². The monoisotopic (exact) mass is 250 g/mol. The van der Waals surface area contributed by atoms with Crippen LogP contribution in [-0.2, 0) is 13.1 Å². The number of nitrogens with zero attached hydrogens (tertiary/aromatic N) is 3. The molecule has 1 unspecified atom stereocenters. The molecule has 1 N–H and O–H groups in total. The van der Waals surface area contributed by atoms with E-state index < -0.39 is 0 Å². The van der Waals surface area contributed by atoms with Gasteiger partial charge in [0.2, 0.25) is 0 Å². The molecule has 1 atom stereocenters. The number of aromatic nitrogens is 3. The lowest BCUT2D eigenvalue weighted by Gasteiger charge is -2.10. The van der Waals surface area contributed by atoms with Crippen LogP contribution in [0, 0.1) is 6.92 Å². The van der Waals surface area contributed by atoms with E-state index in [0.29, 0.717) is 6.04 Å². The number of rotatable bonds is 5. The topological polar surface area (TPSA) is 42.7 Å². The highest BCUT2D eigenvalue weighted by atomic mass is 32.1. The molecule has 0 aliphatic rings. The normalized spacial score (nSPS) is 12.9. The van der Waals surface area contributed by atoms with Crippen molar-refractivity contribution in [2.45, 2.75) is 39.9 Å². The summed E-state index contributed by atoms with van der Waals surface area (Å²) in [5, 5.41) is 8.88. The maximum Gasteiger partial charge on any atom is 0.107 e. The van der Waals surface area contributed by atoms with Crippen LogP contribution >= 0.6 is 11.3 Å². The fourth-order valence-corrected chi connectivity index (χ4v) is 2.36. The van der Waals surface area contributed by atoms with Gasteiger partial charge in [-0.15, -0.1) is 11.3 Å². The lowest BCUT2D eigenvalue weighted by molar-refractivity contribution is 0.571. The van der Waals surface area contributed by atoms with Crippen molar-refractivity contribution in [3.63, 3.8) is 0 Å². The van der Waals surface area contributed by atoms with Crippen LogP contribution in [0.3, 0.4) is 0 Å². The fraction of sp³-hybridized carbons (Fsp3) is 0.500. The highest BCUT2D eigenvalue weighted by Gasteiger charge is 2.08. The molecule has 92 valence electrons. The Balaban J connectivity index is 1.90. The van der Waals surface area contributed by atoms with Crippen LogP contribution < -0.4 is 5.32 Å². The second kappa shape index (κ2) is 5.42. The molecule has 0 aliphatic carbocycles. The summed E-state index contributed by atoms with van der Waals surface area (Å²) < 4.78 is 1.95. The van der Waals surface area contributed by atoms with Crippen LogP contribution in [0.1, 0.15) is 35.3 Å². The first-order chi connectivity index (χ1) is 8.19. The average Bonchev–Trinajstić information content (AvgIpc) is 2.94. The molecule has 2 aromatic rings. The van der Waals surface area contributed by atoms with E-state index in [2.05, 4.69) is 42.4 Å². The summed E-state index contributed by atoms with van der Waals surface area (Å²) >= 11 is 1.74. The number of hydrogen-bond donors (Lipinski definition) is 1. The Bertz CT molecular complexity index is 474. The summed E-state index contributed by atoms with van der Waals surface area (Å²) in [7, 11) is 0. The molecule has 0 spiro atoms. The van der Waals surface area contributed by atoms with Crippen LogP contribution in [0.4, 0.5) is 0 Å². The summed E-state index contributed by atoms with van der Waals surface area (Å²) in [4.78, 5) is 5.60. The molecule has 0 saturated heterocycles. The van der Waals surface area contributed by atoms with Crippen molar-refractivity contribution in [1.29, 1.82) is 0 Å². The van der Waals surface area contributed by atoms with Gasteiger partial charge in [0.25, 0.3) is 0 Å². The first kappa shape index (κ1) is 12.3. The Morgan fingerprint density at radius 2 is 2.29 bits per heavy atom. The smallest absolute Gasteiger partial charge is 0.107 e. The van der Waals surface area contributed by atoms with Crippen molar-refractivity contribution in [2.75, 3.05) is 0 Å². The second-order valence-corrected chi connectivity index (χ2v) is 5.42. The van der Waals surface area contributed by atoms with E-state index in [9.17, 15) is 0 Å². The molecule has 0 bridgehead atoms. The minimum atomic E-state index is 0.305. The van der Waals surface area contributed by atoms with Gasteiger partial charge >= 0.3 is 0 Å². The molecule has 0 fully saturated rings. The molecule has 2 heterocycles. The van der Waals surface area contributed by atoms with Crippen LogP contribution in [0.15, 0.2) is 18.6 Å². The summed E-state index contributed by atoms with van der Waals surface area (Å²) in [6.45, 7) is 8.05. The van der Waals surface area contributed by atoms with Gasteiger partial charge in [0.1, 0.15) is 5.01 Å². The number of nitrogens with one attached hydrogen (secondary N) is 1. The molecule has 0 radical (unpaired) electrons. The second-order valence-electron chi connectivity index (χ2n) is 4.10. The number of hydrogen-bond acceptors (Lipinski definition) is 4. The van der Waals surface area contributed by atoms with E-state index in [1.54, 1.807) is 11.3 Å². The Labute approximate surface area is 106 Å². The fourth-order valence-electron chi connectivity index (χ4n) is 1.62. The molecule has 2 aromatic heterocycles. The van der Waals surface area contributed by atoms with E-state index in [1.807, 2.05) is 17.1 Å². The third kappa shape index (κ3) is 3.14. The van der Waals surface area contributed by atoms with Crippen molar-refractivity contribution in [3.8, 4) is 0 Å². The van der Waals surface area contributed by atoms with Crippen molar-refractivity contribution in [3.05, 3.63) is 34.0 Å². The standard InChI is InChI=1S/C12H18N4S/c1-4-16-8-11(6-15-16)10(3)13-7-12-14-5-9(2)17-12/h5-6,8,10,13H,4,7H2,1-3H3. The lowest BCUT2D eigenvalue weighted by atomic mass is 10.2. The molecule has 0 amide bonds. The predicted molar refractivity (Wildman–Crippen MR) is 70.0 cm³/mol. The molecule has 0 aromatic carbocycles. The summed E-state index contributed by atoms with van der Waals surface area (Å²) in [5.74, 6) is 0. The third-order valence-corrected chi connectivity index (χ3v) is 3.62. The zero-order valence-electron chi connectivity index (χ0n) is 10.5. The first-order valence-electron chi connectivity index (χ1n) is 5.86. The van der Waals surface area contributed by atoms with E-state index in [1.165, 1.54) is 10.4 Å². The van der Waals surface area contributed by atoms with Gasteiger partial charge in [0.05, 0.1) is 6.20 Å². The van der Waals surface area contributed by atoms with E-state index in [-0.39, 0.29) is 0 Å². The Morgan fingerprint density at radius 1 is 1.47 bits per heavy atom. The van der Waals surface area contributed by atoms with E-state index >= 15 is 0 Å². The van der Waals surface area contributed by atoms with Crippen LogP contribution in [-0.4, -0.2) is 14.8 Å². The molecule has 2 rings (SSSR count). The first-order valence-corrected chi connectivity index (χ1v) is 6.67. The van der Waals surface area contributed by atoms with Crippen LogP contribution in [0.2, 0.25) is 0 Å². The van der Waals surface area contributed by atoms with Gasteiger partial charge in [-0.3, -0.25) is 4.68 Å². The largest absolute Gasteiger partial charge is 0.304 e. The van der Waals surface area contributed by atoms with Gasteiger partial charge in [0, 0.05) is 42.0 Å². The van der Waals surface area contributed by atoms with Gasteiger partial charge in [0.15, 0.2) is 0 Å². The zero-order chi connectivity index (χ0) is 12.3. The lowest BCUT2D eigenvalue weighted by Crippen LogP contribution is -2.17. The molecule has 17 heavy (non-hydrogen) atoms. The summed E-state index contributed by atoms with van der Waals surface area (Å²) in [6.07, 6.45) is 5.93.